The summed E-state index contributed by atoms with van der Waals surface area (Å²) in [5, 5.41) is 20.8. The number of quaternary nitrogens is 1. The summed E-state index contributed by atoms with van der Waals surface area (Å²) in [6.07, 6.45) is 0.641. The summed E-state index contributed by atoms with van der Waals surface area (Å²) < 4.78 is 13.2. The average molecular weight is 337 g/mol. The van der Waals surface area contributed by atoms with Crippen molar-refractivity contribution in [3.05, 3.63) is 47.0 Å². The predicted octanol–water partition coefficient (Wildman–Crippen LogP) is 0.0559. The molecule has 0 bridgehead atoms. The topological polar surface area (TPSA) is 94.5 Å². The Hall–Kier alpha value is -2.25. The SMILES string of the molecule is CC(=O)C1=C(O)C(=O)N(CCC[NH2+]CCO)[C@@H]1c1ccc(F)cc1. The zero-order valence-electron chi connectivity index (χ0n) is 13.5. The lowest BCUT2D eigenvalue weighted by Crippen LogP contribution is -2.85. The average Bonchev–Trinajstić information content (AvgIpc) is 2.80. The van der Waals surface area contributed by atoms with Crippen LogP contribution in [-0.2, 0) is 9.59 Å². The number of carbonyl (C=O) groups is 2. The Balaban J connectivity index is 2.23. The molecule has 4 N–H and O–H groups in total. The quantitative estimate of drug-likeness (QED) is 0.585. The van der Waals surface area contributed by atoms with E-state index >= 15 is 0 Å². The van der Waals surface area contributed by atoms with Crippen LogP contribution in [0.2, 0.25) is 0 Å². The van der Waals surface area contributed by atoms with Gasteiger partial charge in [-0.15, -0.1) is 0 Å². The van der Waals surface area contributed by atoms with Crippen LogP contribution in [0.25, 0.3) is 0 Å². The van der Waals surface area contributed by atoms with Crippen molar-refractivity contribution < 1.29 is 29.5 Å². The summed E-state index contributed by atoms with van der Waals surface area (Å²) in [5.74, 6) is -1.91. The molecule has 2 rings (SSSR count). The van der Waals surface area contributed by atoms with Crippen LogP contribution in [0.15, 0.2) is 35.6 Å². The van der Waals surface area contributed by atoms with Crippen LogP contribution >= 0.6 is 0 Å². The predicted molar refractivity (Wildman–Crippen MR) is 84.6 cm³/mol. The molecular weight excluding hydrogens is 315 g/mol. The standard InChI is InChI=1S/C17H21FN2O4/c1-11(22)14-15(12-3-5-13(18)6-4-12)20(17(24)16(14)23)9-2-7-19-8-10-21/h3-6,15,19,21,23H,2,7-10H2,1H3/p+1/t15-/m1/s1. The van der Waals surface area contributed by atoms with Crippen LogP contribution in [0.5, 0.6) is 0 Å². The van der Waals surface area contributed by atoms with Gasteiger partial charge in [0.25, 0.3) is 5.91 Å². The van der Waals surface area contributed by atoms with Crippen molar-refractivity contribution in [3.8, 4) is 0 Å². The summed E-state index contributed by atoms with van der Waals surface area (Å²) >= 11 is 0. The number of benzene rings is 1. The normalized spacial score (nSPS) is 17.7. The van der Waals surface area contributed by atoms with Gasteiger partial charge in [-0.25, -0.2) is 4.39 Å². The van der Waals surface area contributed by atoms with Gasteiger partial charge in [0.15, 0.2) is 11.5 Å². The molecule has 24 heavy (non-hydrogen) atoms. The van der Waals surface area contributed by atoms with Gasteiger partial charge < -0.3 is 20.4 Å². The number of ketones is 1. The number of hydrogen-bond acceptors (Lipinski definition) is 4. The molecule has 1 amide bonds. The summed E-state index contributed by atoms with van der Waals surface area (Å²) in [6, 6.07) is 4.85. The fourth-order valence-corrected chi connectivity index (χ4v) is 2.88. The van der Waals surface area contributed by atoms with Crippen LogP contribution in [-0.4, -0.2) is 53.0 Å². The van der Waals surface area contributed by atoms with E-state index in [1.54, 1.807) is 0 Å². The van der Waals surface area contributed by atoms with Crippen LogP contribution < -0.4 is 5.32 Å². The molecule has 1 aromatic rings. The van der Waals surface area contributed by atoms with E-state index < -0.39 is 23.5 Å². The van der Waals surface area contributed by atoms with E-state index in [2.05, 4.69) is 0 Å². The van der Waals surface area contributed by atoms with Gasteiger partial charge >= 0.3 is 0 Å². The lowest BCUT2D eigenvalue weighted by Gasteiger charge is -2.26. The number of nitrogens with two attached hydrogens (primary N) is 1. The zero-order chi connectivity index (χ0) is 17.7. The maximum absolute atomic E-state index is 13.2. The highest BCUT2D eigenvalue weighted by atomic mass is 19.1. The van der Waals surface area contributed by atoms with E-state index in [4.69, 9.17) is 5.11 Å². The lowest BCUT2D eigenvalue weighted by atomic mass is 9.96. The maximum Gasteiger partial charge on any atom is 0.290 e. The summed E-state index contributed by atoms with van der Waals surface area (Å²) in [7, 11) is 0. The van der Waals surface area contributed by atoms with E-state index in [0.717, 1.165) is 0 Å². The first-order valence-electron chi connectivity index (χ1n) is 7.90. The fourth-order valence-electron chi connectivity index (χ4n) is 2.88. The third-order valence-electron chi connectivity index (χ3n) is 4.01. The number of amides is 1. The molecule has 6 nitrogen and oxygen atoms in total. The molecule has 1 aliphatic rings. The minimum atomic E-state index is -0.701. The maximum atomic E-state index is 13.2. The van der Waals surface area contributed by atoms with Gasteiger partial charge in [-0.05, 0) is 24.6 Å². The molecule has 0 saturated carbocycles. The first-order chi connectivity index (χ1) is 11.5. The fraction of sp³-hybridized carbons (Fsp3) is 0.412. The Morgan fingerprint density at radius 2 is 1.96 bits per heavy atom. The molecule has 1 aliphatic heterocycles. The lowest BCUT2D eigenvalue weighted by molar-refractivity contribution is -0.656. The Bertz CT molecular complexity index is 642. The number of halogens is 1. The molecule has 0 aromatic heterocycles. The monoisotopic (exact) mass is 337 g/mol. The molecule has 0 spiro atoms. The van der Waals surface area contributed by atoms with Crippen molar-refractivity contribution in [2.45, 2.75) is 19.4 Å². The molecular formula is C17H22FN2O4+. The summed E-state index contributed by atoms with van der Waals surface area (Å²) in [4.78, 5) is 25.7. The highest BCUT2D eigenvalue weighted by molar-refractivity contribution is 6.08. The van der Waals surface area contributed by atoms with Crippen molar-refractivity contribution in [1.29, 1.82) is 0 Å². The number of aliphatic hydroxyl groups is 2. The number of nitrogens with zero attached hydrogens (tertiary/aromatic N) is 1. The van der Waals surface area contributed by atoms with Crippen molar-refractivity contribution in [1.82, 2.24) is 4.90 Å². The highest BCUT2D eigenvalue weighted by Crippen LogP contribution is 2.37. The molecule has 1 heterocycles. The molecule has 1 aromatic carbocycles. The molecule has 0 saturated heterocycles. The second kappa shape index (κ2) is 8.03. The highest BCUT2D eigenvalue weighted by Gasteiger charge is 2.41. The van der Waals surface area contributed by atoms with Crippen molar-refractivity contribution in [2.24, 2.45) is 0 Å². The van der Waals surface area contributed by atoms with Crippen molar-refractivity contribution >= 4 is 11.7 Å². The van der Waals surface area contributed by atoms with Gasteiger partial charge in [-0.2, -0.15) is 0 Å². The molecule has 7 heteroatoms. The largest absolute Gasteiger partial charge is 0.503 e. The molecule has 0 aliphatic carbocycles. The van der Waals surface area contributed by atoms with Crippen molar-refractivity contribution in [2.75, 3.05) is 26.2 Å². The molecule has 0 unspecified atom stereocenters. The van der Waals surface area contributed by atoms with Crippen LogP contribution in [0.3, 0.4) is 0 Å². The smallest absolute Gasteiger partial charge is 0.290 e. The number of Topliss-reactive ketones (excluding diaryl/α,β-unsaturated/α-hetero) is 1. The third kappa shape index (κ3) is 3.80. The Morgan fingerprint density at radius 1 is 1.29 bits per heavy atom. The van der Waals surface area contributed by atoms with Crippen LogP contribution in [0, 0.1) is 5.82 Å². The molecule has 1 atom stereocenters. The number of aliphatic hydroxyl groups excluding tert-OH is 2. The number of rotatable bonds is 8. The van der Waals surface area contributed by atoms with Gasteiger partial charge in [-0.3, -0.25) is 9.59 Å². The minimum absolute atomic E-state index is 0.0472. The van der Waals surface area contributed by atoms with Gasteiger partial charge in [0.2, 0.25) is 0 Å². The van der Waals surface area contributed by atoms with E-state index in [-0.39, 0.29) is 18.0 Å². The first kappa shape index (κ1) is 18.1. The Labute approximate surface area is 139 Å². The second-order valence-corrected chi connectivity index (χ2v) is 5.71. The third-order valence-corrected chi connectivity index (χ3v) is 4.01. The second-order valence-electron chi connectivity index (χ2n) is 5.71. The van der Waals surface area contributed by atoms with Crippen LogP contribution in [0.1, 0.15) is 24.9 Å². The Morgan fingerprint density at radius 3 is 2.54 bits per heavy atom. The molecule has 130 valence electrons. The van der Waals surface area contributed by atoms with E-state index in [1.165, 1.54) is 36.1 Å². The van der Waals surface area contributed by atoms with Gasteiger partial charge in [0.05, 0.1) is 31.3 Å². The van der Waals surface area contributed by atoms with E-state index in [1.807, 2.05) is 5.32 Å². The van der Waals surface area contributed by atoms with E-state index in [9.17, 15) is 19.1 Å². The number of carbonyl (C=O) groups excluding carboxylic acids is 2. The van der Waals surface area contributed by atoms with Crippen LogP contribution in [0.4, 0.5) is 4.39 Å². The Kier molecular flexibility index (Phi) is 6.05. The molecule has 0 radical (unpaired) electrons. The van der Waals surface area contributed by atoms with Gasteiger partial charge in [0, 0.05) is 13.0 Å². The first-order valence-corrected chi connectivity index (χ1v) is 7.90. The zero-order valence-corrected chi connectivity index (χ0v) is 13.5. The minimum Gasteiger partial charge on any atom is -0.503 e. The van der Waals surface area contributed by atoms with Gasteiger partial charge in [-0.1, -0.05) is 12.1 Å². The number of hydrogen-bond donors (Lipinski definition) is 3. The van der Waals surface area contributed by atoms with Crippen molar-refractivity contribution in [3.63, 3.8) is 0 Å². The summed E-state index contributed by atoms with van der Waals surface area (Å²) in [6.45, 7) is 3.02. The van der Waals surface area contributed by atoms with Gasteiger partial charge in [0.1, 0.15) is 5.82 Å². The van der Waals surface area contributed by atoms with E-state index in [0.29, 0.717) is 31.6 Å². The molecule has 0 fully saturated rings. The summed E-state index contributed by atoms with van der Waals surface area (Å²) in [5.41, 5.74) is 0.629.